The summed E-state index contributed by atoms with van der Waals surface area (Å²) in [5.74, 6) is 0.0139. The van der Waals surface area contributed by atoms with E-state index in [1.54, 1.807) is 31.2 Å². The molecule has 5 heteroatoms. The molecule has 0 amide bonds. The van der Waals surface area contributed by atoms with Crippen LogP contribution >= 0.6 is 0 Å². The molecule has 0 aromatic heterocycles. The number of hydrogen-bond donors (Lipinski definition) is 1. The summed E-state index contributed by atoms with van der Waals surface area (Å²) in [5.41, 5.74) is 1.09. The van der Waals surface area contributed by atoms with Crippen molar-refractivity contribution in [3.63, 3.8) is 0 Å². The van der Waals surface area contributed by atoms with Gasteiger partial charge in [-0.25, -0.2) is 13.1 Å². The second-order valence-corrected chi connectivity index (χ2v) is 8.84. The van der Waals surface area contributed by atoms with Crippen LogP contribution in [0, 0.1) is 6.92 Å². The van der Waals surface area contributed by atoms with Gasteiger partial charge in [0, 0.05) is 6.04 Å². The molecule has 4 nitrogen and oxygen atoms in total. The minimum atomic E-state index is -3.69. The van der Waals surface area contributed by atoms with E-state index >= 15 is 0 Å². The van der Waals surface area contributed by atoms with Gasteiger partial charge in [-0.3, -0.25) is 4.79 Å². The lowest BCUT2D eigenvalue weighted by Gasteiger charge is -2.43. The van der Waals surface area contributed by atoms with Crippen molar-refractivity contribution in [2.24, 2.45) is 0 Å². The summed E-state index contributed by atoms with van der Waals surface area (Å²) >= 11 is 0. The Morgan fingerprint density at radius 3 is 2.31 bits per heavy atom. The highest BCUT2D eigenvalue weighted by atomic mass is 32.2. The van der Waals surface area contributed by atoms with E-state index in [0.29, 0.717) is 12.8 Å². The maximum absolute atomic E-state index is 12.9. The van der Waals surface area contributed by atoms with Gasteiger partial charge < -0.3 is 0 Å². The van der Waals surface area contributed by atoms with E-state index in [1.807, 2.05) is 37.3 Å². The van der Waals surface area contributed by atoms with Crippen LogP contribution in [0.4, 0.5) is 0 Å². The molecular formula is C21H25NO3S. The molecule has 2 aromatic rings. The smallest absolute Gasteiger partial charge is 0.240 e. The Hall–Kier alpha value is -1.98. The lowest BCUT2D eigenvalue weighted by atomic mass is 9.64. The van der Waals surface area contributed by atoms with E-state index < -0.39 is 21.5 Å². The number of sulfonamides is 1. The van der Waals surface area contributed by atoms with Crippen molar-refractivity contribution in [3.05, 3.63) is 65.7 Å². The van der Waals surface area contributed by atoms with Crippen LogP contribution in [-0.2, 0) is 20.2 Å². The molecule has 0 bridgehead atoms. The van der Waals surface area contributed by atoms with Crippen molar-refractivity contribution < 1.29 is 13.2 Å². The van der Waals surface area contributed by atoms with Gasteiger partial charge in [0.25, 0.3) is 0 Å². The van der Waals surface area contributed by atoms with E-state index in [1.165, 1.54) is 0 Å². The molecule has 1 aliphatic rings. The van der Waals surface area contributed by atoms with Crippen LogP contribution in [0.5, 0.6) is 0 Å². The van der Waals surface area contributed by atoms with Gasteiger partial charge in [0.05, 0.1) is 10.3 Å². The Kier molecular flexibility index (Phi) is 5.30. The number of aryl methyl sites for hydroxylation is 1. The van der Waals surface area contributed by atoms with Gasteiger partial charge in [-0.2, -0.15) is 0 Å². The first-order valence-corrected chi connectivity index (χ1v) is 10.5. The van der Waals surface area contributed by atoms with Crippen LogP contribution in [0.3, 0.4) is 0 Å². The Labute approximate surface area is 155 Å². The number of ketones is 1. The molecule has 0 saturated heterocycles. The third kappa shape index (κ3) is 3.46. The summed E-state index contributed by atoms with van der Waals surface area (Å²) in [6.45, 7) is 3.49. The maximum atomic E-state index is 12.9. The Morgan fingerprint density at radius 2 is 1.69 bits per heavy atom. The fourth-order valence-corrected chi connectivity index (χ4v) is 5.34. The third-order valence-corrected chi connectivity index (χ3v) is 6.94. The molecule has 1 fully saturated rings. The number of Topliss-reactive ketones (excluding diaryl/α,β-unsaturated/α-hetero) is 1. The maximum Gasteiger partial charge on any atom is 0.240 e. The molecule has 3 rings (SSSR count). The van der Waals surface area contributed by atoms with E-state index in [9.17, 15) is 13.2 Å². The average Bonchev–Trinajstić information content (AvgIpc) is 2.63. The zero-order chi connectivity index (χ0) is 18.8. The molecule has 138 valence electrons. The summed E-state index contributed by atoms with van der Waals surface area (Å²) in [5, 5.41) is 0. The molecule has 0 radical (unpaired) electrons. The Balaban J connectivity index is 2.01. The van der Waals surface area contributed by atoms with Crippen molar-refractivity contribution in [2.45, 2.75) is 55.9 Å². The zero-order valence-electron chi connectivity index (χ0n) is 15.2. The van der Waals surface area contributed by atoms with E-state index in [0.717, 1.165) is 24.0 Å². The van der Waals surface area contributed by atoms with Gasteiger partial charge in [-0.1, -0.05) is 60.9 Å². The molecule has 26 heavy (non-hydrogen) atoms. The highest BCUT2D eigenvalue weighted by molar-refractivity contribution is 7.89. The highest BCUT2D eigenvalue weighted by Crippen LogP contribution is 2.41. The van der Waals surface area contributed by atoms with Crippen LogP contribution in [0.15, 0.2) is 59.5 Å². The third-order valence-electron chi connectivity index (χ3n) is 5.45. The predicted octanol–water partition coefficient (Wildman–Crippen LogP) is 3.74. The highest BCUT2D eigenvalue weighted by Gasteiger charge is 2.47. The SMILES string of the molecule is CC(=O)[C@]1(c2ccccc2)CCCC[C@@H]1NS(=O)(=O)c1ccc(C)cc1. The Bertz CT molecular complexity index is 875. The summed E-state index contributed by atoms with van der Waals surface area (Å²) in [6, 6.07) is 15.9. The van der Waals surface area contributed by atoms with Crippen LogP contribution in [0.25, 0.3) is 0 Å². The van der Waals surface area contributed by atoms with Gasteiger partial charge in [0.1, 0.15) is 5.78 Å². The van der Waals surface area contributed by atoms with Crippen LogP contribution in [0.2, 0.25) is 0 Å². The Morgan fingerprint density at radius 1 is 1.04 bits per heavy atom. The summed E-state index contributed by atoms with van der Waals surface area (Å²) in [7, 11) is -3.69. The zero-order valence-corrected chi connectivity index (χ0v) is 16.1. The minimum absolute atomic E-state index is 0.0139. The minimum Gasteiger partial charge on any atom is -0.299 e. The first-order valence-electron chi connectivity index (χ1n) is 9.02. The predicted molar refractivity (Wildman–Crippen MR) is 103 cm³/mol. The molecule has 1 saturated carbocycles. The molecule has 2 aromatic carbocycles. The first-order chi connectivity index (χ1) is 12.4. The fraction of sp³-hybridized carbons (Fsp3) is 0.381. The van der Waals surface area contributed by atoms with Crippen molar-refractivity contribution in [2.75, 3.05) is 0 Å². The molecule has 1 aliphatic carbocycles. The number of hydrogen-bond acceptors (Lipinski definition) is 3. The van der Waals surface area contributed by atoms with Gasteiger partial charge in [-0.15, -0.1) is 0 Å². The van der Waals surface area contributed by atoms with Crippen molar-refractivity contribution >= 4 is 15.8 Å². The van der Waals surface area contributed by atoms with Gasteiger partial charge >= 0.3 is 0 Å². The van der Waals surface area contributed by atoms with Gasteiger partial charge in [-0.05, 0) is 44.4 Å². The van der Waals surface area contributed by atoms with Crippen molar-refractivity contribution in [1.82, 2.24) is 4.72 Å². The molecule has 2 atom stereocenters. The lowest BCUT2D eigenvalue weighted by Crippen LogP contribution is -2.56. The summed E-state index contributed by atoms with van der Waals surface area (Å²) in [6.07, 6.45) is 3.13. The normalized spacial score (nSPS) is 23.5. The number of rotatable bonds is 5. The summed E-state index contributed by atoms with van der Waals surface area (Å²) < 4.78 is 28.7. The molecule has 1 N–H and O–H groups in total. The number of nitrogens with one attached hydrogen (secondary N) is 1. The number of benzene rings is 2. The largest absolute Gasteiger partial charge is 0.299 e. The fourth-order valence-electron chi connectivity index (χ4n) is 4.01. The molecule has 0 unspecified atom stereocenters. The van der Waals surface area contributed by atoms with Gasteiger partial charge in [0.2, 0.25) is 10.0 Å². The van der Waals surface area contributed by atoms with E-state index in [-0.39, 0.29) is 10.7 Å². The quantitative estimate of drug-likeness (QED) is 0.871. The van der Waals surface area contributed by atoms with E-state index in [2.05, 4.69) is 4.72 Å². The topological polar surface area (TPSA) is 63.2 Å². The summed E-state index contributed by atoms with van der Waals surface area (Å²) in [4.78, 5) is 13.0. The molecular weight excluding hydrogens is 346 g/mol. The second kappa shape index (κ2) is 7.33. The van der Waals surface area contributed by atoms with Gasteiger partial charge in [0.15, 0.2) is 0 Å². The van der Waals surface area contributed by atoms with Crippen LogP contribution in [-0.4, -0.2) is 20.2 Å². The van der Waals surface area contributed by atoms with E-state index in [4.69, 9.17) is 0 Å². The van der Waals surface area contributed by atoms with Crippen LogP contribution in [0.1, 0.15) is 43.7 Å². The van der Waals surface area contributed by atoms with Crippen LogP contribution < -0.4 is 4.72 Å². The monoisotopic (exact) mass is 371 g/mol. The lowest BCUT2D eigenvalue weighted by molar-refractivity contribution is -0.124. The van der Waals surface area contributed by atoms with Crippen molar-refractivity contribution in [3.8, 4) is 0 Å². The molecule has 0 heterocycles. The standard InChI is InChI=1S/C21H25NO3S/c1-16-11-13-19(14-12-16)26(24,25)22-20-10-6-7-15-21(20,17(2)23)18-8-4-3-5-9-18/h3-5,8-9,11-14,20,22H,6-7,10,15H2,1-2H3/t20-,21-/m0/s1. The average molecular weight is 372 g/mol. The molecule has 0 spiro atoms. The molecule has 0 aliphatic heterocycles. The second-order valence-electron chi connectivity index (χ2n) is 7.13. The number of carbonyl (C=O) groups excluding carboxylic acids is 1. The number of carbonyl (C=O) groups is 1. The first kappa shape index (κ1) is 18.8. The van der Waals surface area contributed by atoms with Crippen molar-refractivity contribution in [1.29, 1.82) is 0 Å².